The molecule has 15 heavy (non-hydrogen) atoms. The van der Waals surface area contributed by atoms with E-state index in [1.165, 1.54) is 6.33 Å². The van der Waals surface area contributed by atoms with Crippen molar-refractivity contribution in [3.8, 4) is 11.3 Å². The Kier molecular flexibility index (Phi) is 2.41. The molecule has 1 heterocycles. The van der Waals surface area contributed by atoms with Crippen LogP contribution in [0, 0.1) is 0 Å². The molecule has 1 amide bonds. The Labute approximate surface area is 86.8 Å². The molecule has 0 aliphatic rings. The van der Waals surface area contributed by atoms with Crippen molar-refractivity contribution in [1.82, 2.24) is 9.97 Å². The van der Waals surface area contributed by atoms with Crippen LogP contribution in [0.4, 0.5) is 0 Å². The Morgan fingerprint density at radius 2 is 1.87 bits per heavy atom. The Balaban J connectivity index is 2.36. The lowest BCUT2D eigenvalue weighted by Crippen LogP contribution is -2.10. The number of carbonyl (C=O) groups excluding carboxylic acids is 1. The summed E-state index contributed by atoms with van der Waals surface area (Å²) < 4.78 is 0. The van der Waals surface area contributed by atoms with Gasteiger partial charge in [-0.3, -0.25) is 4.79 Å². The Bertz CT molecular complexity index is 465. The van der Waals surface area contributed by atoms with Crippen LogP contribution in [-0.2, 0) is 0 Å². The Morgan fingerprint density at radius 1 is 1.13 bits per heavy atom. The molecule has 1 aromatic carbocycles. The highest BCUT2D eigenvalue weighted by Crippen LogP contribution is 2.15. The topological polar surface area (TPSA) is 68.9 Å². The smallest absolute Gasteiger partial charge is 0.248 e. The summed E-state index contributed by atoms with van der Waals surface area (Å²) in [6.45, 7) is 0. The normalized spacial score (nSPS) is 9.87. The minimum atomic E-state index is -0.427. The maximum atomic E-state index is 10.8. The third kappa shape index (κ3) is 1.99. The molecule has 2 N–H and O–H groups in total. The minimum absolute atomic E-state index is 0.427. The zero-order chi connectivity index (χ0) is 10.7. The standard InChI is InChI=1S/C11H9N3O/c12-11(15)9-3-1-8(2-4-9)10-5-6-13-7-14-10/h1-7H,(H2,12,15). The van der Waals surface area contributed by atoms with Crippen molar-refractivity contribution >= 4 is 5.91 Å². The van der Waals surface area contributed by atoms with Crippen LogP contribution in [0.1, 0.15) is 10.4 Å². The molecule has 0 bridgehead atoms. The highest BCUT2D eigenvalue weighted by Gasteiger charge is 2.01. The Morgan fingerprint density at radius 3 is 2.40 bits per heavy atom. The van der Waals surface area contributed by atoms with Crippen LogP contribution in [0.5, 0.6) is 0 Å². The molecule has 0 aliphatic heterocycles. The Hall–Kier alpha value is -2.23. The summed E-state index contributed by atoms with van der Waals surface area (Å²) in [7, 11) is 0. The molecular weight excluding hydrogens is 190 g/mol. The van der Waals surface area contributed by atoms with Gasteiger partial charge in [0, 0.05) is 17.3 Å². The molecule has 0 atom stereocenters. The van der Waals surface area contributed by atoms with Gasteiger partial charge in [-0.15, -0.1) is 0 Å². The lowest BCUT2D eigenvalue weighted by Gasteiger charge is -2.00. The molecule has 0 aliphatic carbocycles. The zero-order valence-corrected chi connectivity index (χ0v) is 7.92. The summed E-state index contributed by atoms with van der Waals surface area (Å²) in [6, 6.07) is 8.78. The van der Waals surface area contributed by atoms with Crippen molar-refractivity contribution in [3.63, 3.8) is 0 Å². The fraction of sp³-hybridized carbons (Fsp3) is 0. The summed E-state index contributed by atoms with van der Waals surface area (Å²) >= 11 is 0. The van der Waals surface area contributed by atoms with Crippen molar-refractivity contribution in [2.45, 2.75) is 0 Å². The lowest BCUT2D eigenvalue weighted by molar-refractivity contribution is 0.100. The molecule has 0 unspecified atom stereocenters. The zero-order valence-electron chi connectivity index (χ0n) is 7.92. The first-order valence-electron chi connectivity index (χ1n) is 4.43. The van der Waals surface area contributed by atoms with Crippen molar-refractivity contribution in [2.24, 2.45) is 5.73 Å². The fourth-order valence-electron chi connectivity index (χ4n) is 1.27. The lowest BCUT2D eigenvalue weighted by atomic mass is 10.1. The number of nitrogens with two attached hydrogens (primary N) is 1. The molecule has 0 radical (unpaired) electrons. The summed E-state index contributed by atoms with van der Waals surface area (Å²) in [6.07, 6.45) is 3.15. The number of benzene rings is 1. The van der Waals surface area contributed by atoms with Crippen LogP contribution in [-0.4, -0.2) is 15.9 Å². The highest BCUT2D eigenvalue weighted by atomic mass is 16.1. The molecule has 0 fully saturated rings. The van der Waals surface area contributed by atoms with Crippen molar-refractivity contribution in [3.05, 3.63) is 48.4 Å². The fourth-order valence-corrected chi connectivity index (χ4v) is 1.27. The number of carbonyl (C=O) groups is 1. The number of hydrogen-bond donors (Lipinski definition) is 1. The third-order valence-electron chi connectivity index (χ3n) is 2.05. The van der Waals surface area contributed by atoms with Crippen LogP contribution in [0.25, 0.3) is 11.3 Å². The molecule has 0 spiro atoms. The highest BCUT2D eigenvalue weighted by molar-refractivity contribution is 5.93. The summed E-state index contributed by atoms with van der Waals surface area (Å²) in [5.74, 6) is -0.427. The van der Waals surface area contributed by atoms with E-state index < -0.39 is 5.91 Å². The van der Waals surface area contributed by atoms with Gasteiger partial charge in [-0.25, -0.2) is 9.97 Å². The van der Waals surface area contributed by atoms with Crippen LogP contribution >= 0.6 is 0 Å². The van der Waals surface area contributed by atoms with Crippen LogP contribution in [0.2, 0.25) is 0 Å². The molecule has 0 saturated carbocycles. The van der Waals surface area contributed by atoms with Crippen LogP contribution in [0.3, 0.4) is 0 Å². The van der Waals surface area contributed by atoms with Gasteiger partial charge >= 0.3 is 0 Å². The van der Waals surface area contributed by atoms with E-state index in [-0.39, 0.29) is 0 Å². The first-order valence-corrected chi connectivity index (χ1v) is 4.43. The largest absolute Gasteiger partial charge is 0.366 e. The van der Waals surface area contributed by atoms with Gasteiger partial charge in [0.1, 0.15) is 6.33 Å². The van der Waals surface area contributed by atoms with Gasteiger partial charge in [0.15, 0.2) is 0 Å². The van der Waals surface area contributed by atoms with E-state index in [1.54, 1.807) is 24.4 Å². The number of nitrogens with zero attached hydrogens (tertiary/aromatic N) is 2. The quantitative estimate of drug-likeness (QED) is 0.791. The van der Waals surface area contributed by atoms with E-state index in [4.69, 9.17) is 5.73 Å². The number of hydrogen-bond acceptors (Lipinski definition) is 3. The maximum Gasteiger partial charge on any atom is 0.248 e. The average molecular weight is 199 g/mol. The number of primary amides is 1. The van der Waals surface area contributed by atoms with E-state index in [2.05, 4.69) is 9.97 Å². The van der Waals surface area contributed by atoms with Crippen molar-refractivity contribution < 1.29 is 4.79 Å². The minimum Gasteiger partial charge on any atom is -0.366 e. The number of amides is 1. The van der Waals surface area contributed by atoms with E-state index in [0.717, 1.165) is 11.3 Å². The monoisotopic (exact) mass is 199 g/mol. The van der Waals surface area contributed by atoms with Gasteiger partial charge in [-0.1, -0.05) is 12.1 Å². The van der Waals surface area contributed by atoms with Gasteiger partial charge in [-0.2, -0.15) is 0 Å². The SMILES string of the molecule is NC(=O)c1ccc(-c2ccncn2)cc1. The molecule has 74 valence electrons. The molecule has 4 heteroatoms. The second kappa shape index (κ2) is 3.88. The van der Waals surface area contributed by atoms with Crippen molar-refractivity contribution in [1.29, 1.82) is 0 Å². The van der Waals surface area contributed by atoms with E-state index in [9.17, 15) is 4.79 Å². The summed E-state index contributed by atoms with van der Waals surface area (Å²) in [5.41, 5.74) is 7.38. The van der Waals surface area contributed by atoms with Gasteiger partial charge in [0.25, 0.3) is 0 Å². The predicted octanol–water partition coefficient (Wildman–Crippen LogP) is 1.24. The first kappa shape index (κ1) is 9.33. The van der Waals surface area contributed by atoms with Crippen LogP contribution < -0.4 is 5.73 Å². The summed E-state index contributed by atoms with van der Waals surface area (Å²) in [4.78, 5) is 18.8. The van der Waals surface area contributed by atoms with Gasteiger partial charge in [0.2, 0.25) is 5.91 Å². The number of rotatable bonds is 2. The first-order chi connectivity index (χ1) is 7.27. The predicted molar refractivity (Wildman–Crippen MR) is 56.0 cm³/mol. The molecule has 0 saturated heterocycles. The summed E-state index contributed by atoms with van der Waals surface area (Å²) in [5, 5.41) is 0. The second-order valence-electron chi connectivity index (χ2n) is 3.04. The molecular formula is C11H9N3O. The number of aromatic nitrogens is 2. The van der Waals surface area contributed by atoms with E-state index in [1.807, 2.05) is 12.1 Å². The van der Waals surface area contributed by atoms with Crippen molar-refractivity contribution in [2.75, 3.05) is 0 Å². The van der Waals surface area contributed by atoms with Gasteiger partial charge in [0.05, 0.1) is 5.69 Å². The third-order valence-corrected chi connectivity index (χ3v) is 2.05. The molecule has 4 nitrogen and oxygen atoms in total. The molecule has 2 aromatic rings. The maximum absolute atomic E-state index is 10.8. The van der Waals surface area contributed by atoms with E-state index in [0.29, 0.717) is 5.56 Å². The molecule has 2 rings (SSSR count). The van der Waals surface area contributed by atoms with Gasteiger partial charge < -0.3 is 5.73 Å². The second-order valence-corrected chi connectivity index (χ2v) is 3.04. The molecule has 1 aromatic heterocycles. The van der Waals surface area contributed by atoms with E-state index >= 15 is 0 Å². The average Bonchev–Trinajstić information content (AvgIpc) is 2.30. The van der Waals surface area contributed by atoms with Gasteiger partial charge in [-0.05, 0) is 18.2 Å². The van der Waals surface area contributed by atoms with Crippen LogP contribution in [0.15, 0.2) is 42.9 Å².